The van der Waals surface area contributed by atoms with Crippen LogP contribution < -0.4 is 5.32 Å². The lowest BCUT2D eigenvalue weighted by atomic mass is 9.90. The first-order valence-corrected chi connectivity index (χ1v) is 9.45. The molecule has 2 aliphatic rings. The highest BCUT2D eigenvalue weighted by Crippen LogP contribution is 2.23. The third-order valence-electron chi connectivity index (χ3n) is 5.29. The predicted octanol–water partition coefficient (Wildman–Crippen LogP) is 2.63. The largest absolute Gasteiger partial charge is 0.375 e. The van der Waals surface area contributed by atoms with Gasteiger partial charge in [-0.2, -0.15) is 0 Å². The van der Waals surface area contributed by atoms with E-state index in [1.165, 1.54) is 24.8 Å². The molecule has 1 amide bonds. The molecule has 0 aliphatic carbocycles. The number of hydrogen-bond donors (Lipinski definition) is 1. The second-order valence-electron chi connectivity index (χ2n) is 7.10. The predicted molar refractivity (Wildman–Crippen MR) is 95.9 cm³/mol. The summed E-state index contributed by atoms with van der Waals surface area (Å²) in [5.74, 6) is 1.05. The van der Waals surface area contributed by atoms with Crippen molar-refractivity contribution in [3.8, 4) is 0 Å². The highest BCUT2D eigenvalue weighted by Gasteiger charge is 2.25. The van der Waals surface area contributed by atoms with Crippen LogP contribution in [0.25, 0.3) is 0 Å². The smallest absolute Gasteiger partial charge is 0.225 e. The molecule has 0 radical (unpaired) electrons. The average Bonchev–Trinajstić information content (AvgIpc) is 2.64. The van der Waals surface area contributed by atoms with Crippen LogP contribution in [-0.2, 0) is 16.0 Å². The number of likely N-dealkylation sites (tertiary alicyclic amines) is 1. The summed E-state index contributed by atoms with van der Waals surface area (Å²) in [5, 5.41) is 3.29. The summed E-state index contributed by atoms with van der Waals surface area (Å²) >= 11 is 0. The van der Waals surface area contributed by atoms with Crippen LogP contribution in [0.5, 0.6) is 0 Å². The van der Waals surface area contributed by atoms with Crippen molar-refractivity contribution in [2.45, 2.75) is 44.6 Å². The van der Waals surface area contributed by atoms with Crippen LogP contribution in [0.1, 0.15) is 37.7 Å². The van der Waals surface area contributed by atoms with Crippen molar-refractivity contribution in [3.63, 3.8) is 0 Å². The number of benzene rings is 1. The van der Waals surface area contributed by atoms with Gasteiger partial charge in [0.1, 0.15) is 0 Å². The third-order valence-corrected chi connectivity index (χ3v) is 5.29. The van der Waals surface area contributed by atoms with E-state index in [-0.39, 0.29) is 12.0 Å². The van der Waals surface area contributed by atoms with Crippen LogP contribution in [0, 0.1) is 5.92 Å². The maximum atomic E-state index is 12.4. The van der Waals surface area contributed by atoms with E-state index in [0.717, 1.165) is 51.5 Å². The molecule has 2 saturated heterocycles. The highest BCUT2D eigenvalue weighted by atomic mass is 16.5. The van der Waals surface area contributed by atoms with E-state index in [9.17, 15) is 4.79 Å². The van der Waals surface area contributed by atoms with E-state index in [2.05, 4.69) is 35.6 Å². The number of nitrogens with zero attached hydrogens (tertiary/aromatic N) is 1. The third kappa shape index (κ3) is 5.32. The zero-order valence-corrected chi connectivity index (χ0v) is 14.6. The summed E-state index contributed by atoms with van der Waals surface area (Å²) in [5.41, 5.74) is 1.44. The number of hydrogen-bond acceptors (Lipinski definition) is 3. The fourth-order valence-corrected chi connectivity index (χ4v) is 3.79. The maximum absolute atomic E-state index is 12.4. The molecule has 4 nitrogen and oxygen atoms in total. The minimum atomic E-state index is 0.0647. The van der Waals surface area contributed by atoms with Crippen LogP contribution in [-0.4, -0.2) is 49.7 Å². The van der Waals surface area contributed by atoms with Crippen molar-refractivity contribution in [2.75, 3.05) is 32.8 Å². The molecule has 132 valence electrons. The highest BCUT2D eigenvalue weighted by molar-refractivity contribution is 5.76. The lowest BCUT2D eigenvalue weighted by molar-refractivity contribution is -0.136. The Bertz CT molecular complexity index is 492. The molecule has 24 heavy (non-hydrogen) atoms. The number of ether oxygens (including phenoxy) is 1. The zero-order valence-electron chi connectivity index (χ0n) is 14.6. The monoisotopic (exact) mass is 330 g/mol. The molecule has 0 saturated carbocycles. The summed E-state index contributed by atoms with van der Waals surface area (Å²) in [6, 6.07) is 10.7. The zero-order chi connectivity index (χ0) is 16.6. The topological polar surface area (TPSA) is 41.6 Å². The van der Waals surface area contributed by atoms with Crippen LogP contribution in [0.4, 0.5) is 0 Å². The van der Waals surface area contributed by atoms with Gasteiger partial charge in [-0.3, -0.25) is 4.79 Å². The van der Waals surface area contributed by atoms with Gasteiger partial charge in [0, 0.05) is 26.2 Å². The Balaban J connectivity index is 1.32. The number of morpholine rings is 1. The Labute approximate surface area is 145 Å². The molecule has 0 unspecified atom stereocenters. The molecule has 2 fully saturated rings. The van der Waals surface area contributed by atoms with Crippen molar-refractivity contribution in [1.82, 2.24) is 10.2 Å². The number of nitrogens with one attached hydrogen (secondary N) is 1. The number of carbonyl (C=O) groups excluding carboxylic acids is 1. The fourth-order valence-electron chi connectivity index (χ4n) is 3.79. The van der Waals surface area contributed by atoms with Crippen LogP contribution in [0.2, 0.25) is 0 Å². The van der Waals surface area contributed by atoms with E-state index < -0.39 is 0 Å². The Kier molecular flexibility index (Phi) is 6.67. The summed E-state index contributed by atoms with van der Waals surface area (Å²) in [4.78, 5) is 14.4. The van der Waals surface area contributed by atoms with E-state index in [0.29, 0.717) is 6.42 Å². The number of piperidine rings is 1. The van der Waals surface area contributed by atoms with Crippen LogP contribution >= 0.6 is 0 Å². The lowest BCUT2D eigenvalue weighted by Crippen LogP contribution is -2.44. The van der Waals surface area contributed by atoms with Crippen molar-refractivity contribution < 1.29 is 9.53 Å². The molecule has 1 atom stereocenters. The van der Waals surface area contributed by atoms with Gasteiger partial charge in [-0.15, -0.1) is 0 Å². The van der Waals surface area contributed by atoms with E-state index in [1.54, 1.807) is 0 Å². The molecule has 1 aromatic rings. The Hall–Kier alpha value is -1.39. The quantitative estimate of drug-likeness (QED) is 0.872. The first-order valence-electron chi connectivity index (χ1n) is 9.45. The van der Waals surface area contributed by atoms with Gasteiger partial charge in [-0.25, -0.2) is 0 Å². The molecule has 4 heteroatoms. The van der Waals surface area contributed by atoms with Crippen molar-refractivity contribution >= 4 is 5.91 Å². The molecular formula is C20H30N2O2. The molecule has 2 aliphatic heterocycles. The first-order chi connectivity index (χ1) is 11.8. The summed E-state index contributed by atoms with van der Waals surface area (Å²) in [7, 11) is 0. The molecule has 0 spiro atoms. The van der Waals surface area contributed by atoms with Gasteiger partial charge in [0.15, 0.2) is 0 Å². The van der Waals surface area contributed by atoms with Crippen LogP contribution in [0.15, 0.2) is 30.3 Å². The molecule has 0 aromatic heterocycles. The SMILES string of the molecule is O=C(C[C@H]1CNCCO1)N1CCC(CCCc2ccccc2)CC1. The van der Waals surface area contributed by atoms with E-state index in [1.807, 2.05) is 4.90 Å². The Morgan fingerprint density at radius 2 is 2.00 bits per heavy atom. The maximum Gasteiger partial charge on any atom is 0.225 e. The van der Waals surface area contributed by atoms with Gasteiger partial charge in [-0.05, 0) is 43.6 Å². The van der Waals surface area contributed by atoms with Crippen LogP contribution in [0.3, 0.4) is 0 Å². The molecule has 0 bridgehead atoms. The van der Waals surface area contributed by atoms with Gasteiger partial charge in [-0.1, -0.05) is 30.3 Å². The average molecular weight is 330 g/mol. The van der Waals surface area contributed by atoms with Gasteiger partial charge >= 0.3 is 0 Å². The molecular weight excluding hydrogens is 300 g/mol. The van der Waals surface area contributed by atoms with Crippen molar-refractivity contribution in [1.29, 1.82) is 0 Å². The molecule has 3 rings (SSSR count). The Morgan fingerprint density at radius 3 is 2.71 bits per heavy atom. The molecule has 1 aromatic carbocycles. The summed E-state index contributed by atoms with van der Waals surface area (Å²) in [6.45, 7) is 4.28. The number of carbonyl (C=O) groups is 1. The first kappa shape index (κ1) is 17.4. The van der Waals surface area contributed by atoms with Crippen molar-refractivity contribution in [2.24, 2.45) is 5.92 Å². The standard InChI is InChI=1S/C20H30N2O2/c23-20(15-19-16-21-11-14-24-19)22-12-9-18(10-13-22)8-4-7-17-5-2-1-3-6-17/h1-3,5-6,18-19,21H,4,7-16H2/t19-/m0/s1. The van der Waals surface area contributed by atoms with Gasteiger partial charge < -0.3 is 15.0 Å². The number of rotatable bonds is 6. The normalized spacial score (nSPS) is 22.5. The van der Waals surface area contributed by atoms with E-state index in [4.69, 9.17) is 4.74 Å². The fraction of sp³-hybridized carbons (Fsp3) is 0.650. The molecule has 2 heterocycles. The summed E-state index contributed by atoms with van der Waals surface area (Å²) in [6.07, 6.45) is 6.62. The Morgan fingerprint density at radius 1 is 1.21 bits per heavy atom. The lowest BCUT2D eigenvalue weighted by Gasteiger charge is -2.33. The minimum Gasteiger partial charge on any atom is -0.375 e. The van der Waals surface area contributed by atoms with E-state index >= 15 is 0 Å². The second-order valence-corrected chi connectivity index (χ2v) is 7.10. The minimum absolute atomic E-state index is 0.0647. The van der Waals surface area contributed by atoms with Gasteiger partial charge in [0.25, 0.3) is 0 Å². The molecule has 1 N–H and O–H groups in total. The second kappa shape index (κ2) is 9.19. The summed E-state index contributed by atoms with van der Waals surface area (Å²) < 4.78 is 5.65. The number of aryl methyl sites for hydroxylation is 1. The van der Waals surface area contributed by atoms with Gasteiger partial charge in [0.2, 0.25) is 5.91 Å². The van der Waals surface area contributed by atoms with Crippen molar-refractivity contribution in [3.05, 3.63) is 35.9 Å². The van der Waals surface area contributed by atoms with Gasteiger partial charge in [0.05, 0.1) is 19.1 Å². The number of amides is 1.